The van der Waals surface area contributed by atoms with Gasteiger partial charge in [0.15, 0.2) is 0 Å². The summed E-state index contributed by atoms with van der Waals surface area (Å²) in [5.41, 5.74) is 2.17. The summed E-state index contributed by atoms with van der Waals surface area (Å²) in [6.07, 6.45) is 3.51. The van der Waals surface area contributed by atoms with Crippen LogP contribution in [0.5, 0.6) is 0 Å². The van der Waals surface area contributed by atoms with Crippen molar-refractivity contribution >= 4 is 17.2 Å². The lowest BCUT2D eigenvalue weighted by Gasteiger charge is -2.16. The van der Waals surface area contributed by atoms with Crippen molar-refractivity contribution in [3.8, 4) is 0 Å². The fourth-order valence-electron chi connectivity index (χ4n) is 1.60. The van der Waals surface area contributed by atoms with Gasteiger partial charge in [-0.15, -0.1) is 0 Å². The minimum absolute atomic E-state index is 0.198. The molecule has 1 aromatic carbocycles. The highest BCUT2D eigenvalue weighted by atomic mass is 32.1. The first kappa shape index (κ1) is 11.7. The van der Waals surface area contributed by atoms with Crippen molar-refractivity contribution in [1.29, 1.82) is 0 Å². The van der Waals surface area contributed by atoms with E-state index in [0.717, 1.165) is 10.6 Å². The van der Waals surface area contributed by atoms with Crippen molar-refractivity contribution in [2.45, 2.75) is 13.0 Å². The number of nitrogens with one attached hydrogen (secondary N) is 1. The molecule has 0 aliphatic heterocycles. The predicted octanol–water partition coefficient (Wildman–Crippen LogP) is 3.11. The standard InChI is InChI=1S/C14H14N2S/c1-11(12-6-3-2-4-7-12)16-14(17)13-8-5-9-15-10-13/h2-11H,1H3,(H,16,17)/t11-/m1/s1. The largest absolute Gasteiger partial charge is 0.369 e. The smallest absolute Gasteiger partial charge is 0.108 e. The summed E-state index contributed by atoms with van der Waals surface area (Å²) in [5, 5.41) is 3.30. The van der Waals surface area contributed by atoms with Crippen LogP contribution in [-0.2, 0) is 0 Å². The molecule has 0 fully saturated rings. The normalized spacial score (nSPS) is 11.8. The summed E-state index contributed by atoms with van der Waals surface area (Å²) >= 11 is 5.35. The van der Waals surface area contributed by atoms with Crippen LogP contribution < -0.4 is 5.32 Å². The Morgan fingerprint density at radius 1 is 1.18 bits per heavy atom. The predicted molar refractivity (Wildman–Crippen MR) is 73.9 cm³/mol. The number of hydrogen-bond acceptors (Lipinski definition) is 2. The molecule has 1 heterocycles. The van der Waals surface area contributed by atoms with Crippen LogP contribution in [0.4, 0.5) is 0 Å². The maximum Gasteiger partial charge on any atom is 0.108 e. The van der Waals surface area contributed by atoms with E-state index in [4.69, 9.17) is 12.2 Å². The van der Waals surface area contributed by atoms with Crippen molar-refractivity contribution in [1.82, 2.24) is 10.3 Å². The third-order valence-electron chi connectivity index (χ3n) is 2.57. The van der Waals surface area contributed by atoms with Gasteiger partial charge in [-0.3, -0.25) is 4.98 Å². The molecule has 86 valence electrons. The van der Waals surface area contributed by atoms with Crippen LogP contribution in [0.25, 0.3) is 0 Å². The van der Waals surface area contributed by atoms with Crippen LogP contribution >= 0.6 is 12.2 Å². The highest BCUT2D eigenvalue weighted by molar-refractivity contribution is 7.80. The van der Waals surface area contributed by atoms with Crippen LogP contribution in [0.15, 0.2) is 54.9 Å². The van der Waals surface area contributed by atoms with Crippen LogP contribution in [-0.4, -0.2) is 9.97 Å². The summed E-state index contributed by atoms with van der Waals surface area (Å²) in [6, 6.07) is 14.3. The van der Waals surface area contributed by atoms with Crippen molar-refractivity contribution in [2.24, 2.45) is 0 Å². The topological polar surface area (TPSA) is 24.9 Å². The van der Waals surface area contributed by atoms with Crippen molar-refractivity contribution in [2.75, 3.05) is 0 Å². The lowest BCUT2D eigenvalue weighted by atomic mass is 10.1. The third kappa shape index (κ3) is 3.11. The maximum absolute atomic E-state index is 5.35. The lowest BCUT2D eigenvalue weighted by molar-refractivity contribution is 0.724. The Kier molecular flexibility index (Phi) is 3.83. The number of benzene rings is 1. The first-order chi connectivity index (χ1) is 8.27. The van der Waals surface area contributed by atoms with E-state index in [9.17, 15) is 0 Å². The van der Waals surface area contributed by atoms with Gasteiger partial charge in [0, 0.05) is 24.0 Å². The molecule has 17 heavy (non-hydrogen) atoms. The molecule has 1 atom stereocenters. The van der Waals surface area contributed by atoms with Gasteiger partial charge >= 0.3 is 0 Å². The SMILES string of the molecule is C[C@@H](NC(=S)c1cccnc1)c1ccccc1. The van der Waals surface area contributed by atoms with Crippen LogP contribution in [0.2, 0.25) is 0 Å². The van der Waals surface area contributed by atoms with Gasteiger partial charge in [0.25, 0.3) is 0 Å². The molecule has 3 heteroatoms. The van der Waals surface area contributed by atoms with E-state index in [2.05, 4.69) is 29.4 Å². The average Bonchev–Trinajstić information content (AvgIpc) is 2.40. The molecule has 2 rings (SSSR count). The maximum atomic E-state index is 5.35. The van der Waals surface area contributed by atoms with E-state index in [-0.39, 0.29) is 6.04 Å². The Bertz CT molecular complexity index is 482. The summed E-state index contributed by atoms with van der Waals surface area (Å²) < 4.78 is 0. The first-order valence-corrected chi connectivity index (χ1v) is 5.94. The van der Waals surface area contributed by atoms with Gasteiger partial charge in [-0.25, -0.2) is 0 Å². The van der Waals surface area contributed by atoms with Crippen LogP contribution in [0.1, 0.15) is 24.1 Å². The minimum Gasteiger partial charge on any atom is -0.369 e. The van der Waals surface area contributed by atoms with Gasteiger partial charge in [0.1, 0.15) is 4.99 Å². The van der Waals surface area contributed by atoms with Crippen molar-refractivity contribution in [3.05, 3.63) is 66.0 Å². The van der Waals surface area contributed by atoms with Gasteiger partial charge in [-0.2, -0.15) is 0 Å². The second-order valence-electron chi connectivity index (χ2n) is 3.85. The summed E-state index contributed by atoms with van der Waals surface area (Å²) in [4.78, 5) is 4.79. The third-order valence-corrected chi connectivity index (χ3v) is 2.92. The van der Waals surface area contributed by atoms with E-state index >= 15 is 0 Å². The molecule has 0 spiro atoms. The average molecular weight is 242 g/mol. The van der Waals surface area contributed by atoms with Gasteiger partial charge in [0.2, 0.25) is 0 Å². The summed E-state index contributed by atoms with van der Waals surface area (Å²) in [5.74, 6) is 0. The zero-order chi connectivity index (χ0) is 12.1. The highest BCUT2D eigenvalue weighted by Crippen LogP contribution is 2.12. The number of nitrogens with zero attached hydrogens (tertiary/aromatic N) is 1. The molecule has 2 nitrogen and oxygen atoms in total. The highest BCUT2D eigenvalue weighted by Gasteiger charge is 2.07. The van der Waals surface area contributed by atoms with Gasteiger partial charge in [-0.05, 0) is 24.6 Å². The van der Waals surface area contributed by atoms with Crippen LogP contribution in [0, 0.1) is 0 Å². The lowest BCUT2D eigenvalue weighted by Crippen LogP contribution is -2.25. The molecule has 0 saturated carbocycles. The monoisotopic (exact) mass is 242 g/mol. The summed E-state index contributed by atoms with van der Waals surface area (Å²) in [6.45, 7) is 2.10. The quantitative estimate of drug-likeness (QED) is 0.837. The summed E-state index contributed by atoms with van der Waals surface area (Å²) in [7, 11) is 0. The number of thiocarbonyl (C=S) groups is 1. The molecule has 0 aliphatic rings. The minimum atomic E-state index is 0.198. The van der Waals surface area contributed by atoms with E-state index in [1.165, 1.54) is 5.56 Å². The van der Waals surface area contributed by atoms with Gasteiger partial charge in [-0.1, -0.05) is 42.5 Å². The Hall–Kier alpha value is -1.74. The molecule has 2 aromatic rings. The van der Waals surface area contributed by atoms with Crippen molar-refractivity contribution in [3.63, 3.8) is 0 Å². The van der Waals surface area contributed by atoms with Crippen molar-refractivity contribution < 1.29 is 0 Å². The zero-order valence-corrected chi connectivity index (χ0v) is 10.4. The first-order valence-electron chi connectivity index (χ1n) is 5.53. The van der Waals surface area contributed by atoms with Crippen LogP contribution in [0.3, 0.4) is 0 Å². The Labute approximate surface area is 107 Å². The number of pyridine rings is 1. The fraction of sp³-hybridized carbons (Fsp3) is 0.143. The molecular formula is C14H14N2S. The second kappa shape index (κ2) is 5.55. The Morgan fingerprint density at radius 2 is 1.94 bits per heavy atom. The molecule has 0 bridgehead atoms. The molecule has 0 unspecified atom stereocenters. The van der Waals surface area contributed by atoms with Gasteiger partial charge < -0.3 is 5.32 Å². The Balaban J connectivity index is 2.05. The molecule has 0 aliphatic carbocycles. The Morgan fingerprint density at radius 3 is 2.59 bits per heavy atom. The van der Waals surface area contributed by atoms with Gasteiger partial charge in [0.05, 0.1) is 0 Å². The molecule has 1 aromatic heterocycles. The van der Waals surface area contributed by atoms with E-state index in [1.54, 1.807) is 12.4 Å². The van der Waals surface area contributed by atoms with E-state index in [0.29, 0.717) is 0 Å². The molecule has 0 saturated heterocycles. The number of hydrogen-bond donors (Lipinski definition) is 1. The molecule has 0 radical (unpaired) electrons. The molecular weight excluding hydrogens is 228 g/mol. The number of rotatable bonds is 3. The number of aromatic nitrogens is 1. The van der Waals surface area contributed by atoms with E-state index < -0.39 is 0 Å². The fourth-order valence-corrected chi connectivity index (χ4v) is 1.90. The molecule has 0 amide bonds. The van der Waals surface area contributed by atoms with E-state index in [1.807, 2.05) is 30.3 Å². The second-order valence-corrected chi connectivity index (χ2v) is 4.26. The zero-order valence-electron chi connectivity index (χ0n) is 9.63. The molecule has 1 N–H and O–H groups in total.